The van der Waals surface area contributed by atoms with Crippen molar-refractivity contribution in [2.75, 3.05) is 9.66 Å². The highest BCUT2D eigenvalue weighted by Crippen LogP contribution is 2.36. The number of fused-ring (bicyclic) bond motifs is 2. The third-order valence-corrected chi connectivity index (χ3v) is 5.71. The van der Waals surface area contributed by atoms with Crippen molar-refractivity contribution in [2.45, 2.75) is 0 Å². The number of nitrogens with zero attached hydrogens (tertiary/aromatic N) is 3. The first-order valence-electron chi connectivity index (χ1n) is 9.27. The van der Waals surface area contributed by atoms with Gasteiger partial charge in [-0.3, -0.25) is 3.93 Å². The summed E-state index contributed by atoms with van der Waals surface area (Å²) in [6.07, 6.45) is 0. The third-order valence-electron chi connectivity index (χ3n) is 4.96. The lowest BCUT2D eigenvalue weighted by molar-refractivity contribution is 1.21. The van der Waals surface area contributed by atoms with E-state index in [2.05, 4.69) is 80.7 Å². The van der Waals surface area contributed by atoms with Crippen molar-refractivity contribution in [3.8, 4) is 11.1 Å². The number of para-hydroxylation sites is 1. The van der Waals surface area contributed by atoms with Crippen LogP contribution in [0.4, 0.5) is 17.5 Å². The Morgan fingerprint density at radius 1 is 0.724 bits per heavy atom. The Kier molecular flexibility index (Phi) is 4.37. The van der Waals surface area contributed by atoms with E-state index in [1.807, 2.05) is 40.3 Å². The summed E-state index contributed by atoms with van der Waals surface area (Å²) < 4.78 is 1.86. The molecule has 0 aliphatic heterocycles. The molecule has 0 aliphatic carbocycles. The van der Waals surface area contributed by atoms with Gasteiger partial charge in [-0.1, -0.05) is 66.7 Å². The van der Waals surface area contributed by atoms with Gasteiger partial charge >= 0.3 is 0 Å². The monoisotopic (exact) mass is 440 g/mol. The van der Waals surface area contributed by atoms with Gasteiger partial charge in [-0.25, -0.2) is 4.98 Å². The number of rotatable bonds is 3. The second-order valence-electron chi connectivity index (χ2n) is 6.78. The maximum Gasteiger partial charge on any atom is 0.222 e. The van der Waals surface area contributed by atoms with Gasteiger partial charge < -0.3 is 5.73 Å². The number of benzene rings is 4. The van der Waals surface area contributed by atoms with Gasteiger partial charge in [0.05, 0.1) is 27.4 Å². The number of hydrogen-bond donors (Lipinski definition) is 1. The minimum absolute atomic E-state index is 0.241. The zero-order valence-corrected chi connectivity index (χ0v) is 17.0. The summed E-state index contributed by atoms with van der Waals surface area (Å²) in [6, 6.07) is 30.9. The van der Waals surface area contributed by atoms with E-state index in [1.165, 1.54) is 16.3 Å². The van der Waals surface area contributed by atoms with Crippen LogP contribution in [0.5, 0.6) is 0 Å². The largest absolute Gasteiger partial charge is 0.368 e. The number of hydrogen-bond acceptors (Lipinski definition) is 4. The SMILES string of the molecule is Nc1nc(N(Br)c2ccccc2)c2cc(-c3cccc4ccccc34)ccc2n1. The van der Waals surface area contributed by atoms with Gasteiger partial charge in [-0.2, -0.15) is 4.98 Å². The summed E-state index contributed by atoms with van der Waals surface area (Å²) in [4.78, 5) is 8.95. The van der Waals surface area contributed by atoms with Gasteiger partial charge in [0.25, 0.3) is 0 Å². The van der Waals surface area contributed by atoms with Crippen molar-refractivity contribution in [1.82, 2.24) is 9.97 Å². The smallest absolute Gasteiger partial charge is 0.222 e. The van der Waals surface area contributed by atoms with E-state index >= 15 is 0 Å². The zero-order valence-electron chi connectivity index (χ0n) is 15.5. The molecule has 0 aliphatic rings. The first kappa shape index (κ1) is 17.6. The predicted molar refractivity (Wildman–Crippen MR) is 124 cm³/mol. The lowest BCUT2D eigenvalue weighted by Gasteiger charge is -2.18. The molecule has 5 aromatic rings. The van der Waals surface area contributed by atoms with Crippen LogP contribution < -0.4 is 9.66 Å². The van der Waals surface area contributed by atoms with Crippen LogP contribution in [-0.2, 0) is 0 Å². The van der Waals surface area contributed by atoms with Gasteiger partial charge in [-0.15, -0.1) is 0 Å². The van der Waals surface area contributed by atoms with E-state index in [4.69, 9.17) is 5.73 Å². The molecule has 0 bridgehead atoms. The molecule has 0 spiro atoms. The molecule has 4 aromatic carbocycles. The zero-order chi connectivity index (χ0) is 19.8. The summed E-state index contributed by atoms with van der Waals surface area (Å²) in [5.41, 5.74) is 10.0. The van der Waals surface area contributed by atoms with Gasteiger partial charge in [-0.05, 0) is 46.2 Å². The molecule has 140 valence electrons. The maximum atomic E-state index is 5.99. The Morgan fingerprint density at radius 2 is 1.48 bits per heavy atom. The third kappa shape index (κ3) is 3.19. The summed E-state index contributed by atoms with van der Waals surface area (Å²) in [7, 11) is 0. The minimum atomic E-state index is 0.241. The second kappa shape index (κ2) is 7.18. The minimum Gasteiger partial charge on any atom is -0.368 e. The van der Waals surface area contributed by atoms with Crippen LogP contribution in [0.15, 0.2) is 91.0 Å². The fourth-order valence-corrected chi connectivity index (χ4v) is 4.11. The molecule has 0 saturated carbocycles. The number of nitrogen functional groups attached to an aromatic ring is 1. The van der Waals surface area contributed by atoms with Crippen LogP contribution in [0.1, 0.15) is 0 Å². The Labute approximate surface area is 177 Å². The van der Waals surface area contributed by atoms with Crippen LogP contribution in [0.2, 0.25) is 0 Å². The molecule has 0 unspecified atom stereocenters. The molecular formula is C24H17BrN4. The lowest BCUT2D eigenvalue weighted by Crippen LogP contribution is -2.07. The molecule has 1 heterocycles. The van der Waals surface area contributed by atoms with Crippen LogP contribution >= 0.6 is 16.1 Å². The standard InChI is InChI=1S/C24H17BrN4/c25-29(18-9-2-1-3-10-18)23-21-15-17(13-14-22(21)27-24(26)28-23)20-12-6-8-16-7-4-5-11-19(16)20/h1-15H,(H2,26,27,28). The van der Waals surface area contributed by atoms with Crippen molar-refractivity contribution in [1.29, 1.82) is 0 Å². The van der Waals surface area contributed by atoms with E-state index < -0.39 is 0 Å². The Morgan fingerprint density at radius 3 is 2.34 bits per heavy atom. The fourth-order valence-electron chi connectivity index (χ4n) is 3.61. The molecule has 2 N–H and O–H groups in total. The molecule has 0 atom stereocenters. The highest BCUT2D eigenvalue weighted by molar-refractivity contribution is 9.10. The average Bonchev–Trinajstić information content (AvgIpc) is 2.78. The summed E-state index contributed by atoms with van der Waals surface area (Å²) in [6.45, 7) is 0. The van der Waals surface area contributed by atoms with Gasteiger partial charge in [0, 0.05) is 5.39 Å². The molecule has 5 rings (SSSR count). The van der Waals surface area contributed by atoms with Crippen molar-refractivity contribution in [2.24, 2.45) is 0 Å². The molecular weight excluding hydrogens is 424 g/mol. The Hall–Kier alpha value is -3.44. The highest BCUT2D eigenvalue weighted by Gasteiger charge is 2.15. The Balaban J connectivity index is 1.73. The molecule has 0 fully saturated rings. The van der Waals surface area contributed by atoms with Crippen LogP contribution in [0, 0.1) is 0 Å². The van der Waals surface area contributed by atoms with Crippen molar-refractivity contribution in [3.05, 3.63) is 91.0 Å². The van der Waals surface area contributed by atoms with E-state index in [0.717, 1.165) is 22.2 Å². The summed E-state index contributed by atoms with van der Waals surface area (Å²) in [5, 5.41) is 3.35. The first-order valence-corrected chi connectivity index (χ1v) is 9.98. The Bertz CT molecular complexity index is 1330. The van der Waals surface area contributed by atoms with E-state index in [-0.39, 0.29) is 5.95 Å². The van der Waals surface area contributed by atoms with Crippen LogP contribution in [0.25, 0.3) is 32.8 Å². The second-order valence-corrected chi connectivity index (χ2v) is 7.49. The highest BCUT2D eigenvalue weighted by atomic mass is 79.9. The molecule has 29 heavy (non-hydrogen) atoms. The number of halogens is 1. The van der Waals surface area contributed by atoms with E-state index in [1.54, 1.807) is 0 Å². The van der Waals surface area contributed by atoms with Crippen molar-refractivity contribution >= 4 is 55.3 Å². The molecule has 0 amide bonds. The first-order chi connectivity index (χ1) is 14.2. The quantitative estimate of drug-likeness (QED) is 0.326. The predicted octanol–water partition coefficient (Wildman–Crippen LogP) is 6.48. The summed E-state index contributed by atoms with van der Waals surface area (Å²) in [5.74, 6) is 0.951. The molecule has 1 aromatic heterocycles. The number of nitrogens with two attached hydrogens (primary N) is 1. The lowest BCUT2D eigenvalue weighted by atomic mass is 9.97. The fraction of sp³-hybridized carbons (Fsp3) is 0. The topological polar surface area (TPSA) is 55.0 Å². The summed E-state index contributed by atoms with van der Waals surface area (Å²) >= 11 is 3.66. The van der Waals surface area contributed by atoms with Gasteiger partial charge in [0.2, 0.25) is 5.95 Å². The normalized spacial score (nSPS) is 11.1. The van der Waals surface area contributed by atoms with E-state index in [0.29, 0.717) is 5.82 Å². The number of aromatic nitrogens is 2. The van der Waals surface area contributed by atoms with Crippen LogP contribution in [0.3, 0.4) is 0 Å². The molecule has 0 radical (unpaired) electrons. The average molecular weight is 441 g/mol. The van der Waals surface area contributed by atoms with Gasteiger partial charge in [0.15, 0.2) is 5.82 Å². The van der Waals surface area contributed by atoms with Crippen molar-refractivity contribution < 1.29 is 0 Å². The maximum absolute atomic E-state index is 5.99. The molecule has 5 heteroatoms. The van der Waals surface area contributed by atoms with Gasteiger partial charge in [0.1, 0.15) is 0 Å². The molecule has 0 saturated heterocycles. The van der Waals surface area contributed by atoms with Crippen LogP contribution in [-0.4, -0.2) is 9.97 Å². The van der Waals surface area contributed by atoms with E-state index in [9.17, 15) is 0 Å². The van der Waals surface area contributed by atoms with Crippen molar-refractivity contribution in [3.63, 3.8) is 0 Å². The molecule has 4 nitrogen and oxygen atoms in total. The number of anilines is 3.